The Morgan fingerprint density at radius 2 is 1.50 bits per heavy atom. The third-order valence-corrected chi connectivity index (χ3v) is 3.00. The molecule has 2 nitrogen and oxygen atoms in total. The van der Waals surface area contributed by atoms with Crippen molar-refractivity contribution in [2.75, 3.05) is 0 Å². The van der Waals surface area contributed by atoms with E-state index in [9.17, 15) is 0 Å². The van der Waals surface area contributed by atoms with E-state index in [0.717, 1.165) is 17.1 Å². The lowest BCUT2D eigenvalue weighted by atomic mass is 10.2. The second kappa shape index (κ2) is 4.49. The second-order valence-electron chi connectivity index (χ2n) is 4.20. The molecular weight excluding hydrogens is 222 g/mol. The van der Waals surface area contributed by atoms with Crippen molar-refractivity contribution in [3.8, 4) is 11.6 Å². The molecule has 0 unspecified atom stereocenters. The van der Waals surface area contributed by atoms with Crippen molar-refractivity contribution >= 4 is 10.9 Å². The number of hydrogen-bond donors (Lipinski definition) is 0. The van der Waals surface area contributed by atoms with E-state index in [2.05, 4.69) is 22.8 Å². The number of para-hydroxylation sites is 2. The molecule has 0 aliphatic rings. The summed E-state index contributed by atoms with van der Waals surface area (Å²) in [6, 6.07) is 22.2. The Kier molecular flexibility index (Phi) is 2.69. The molecule has 2 aromatic carbocycles. The van der Waals surface area contributed by atoms with E-state index >= 15 is 0 Å². The number of ether oxygens (including phenoxy) is 1. The summed E-state index contributed by atoms with van der Waals surface area (Å²) < 4.78 is 7.94. The predicted molar refractivity (Wildman–Crippen MR) is 71.6 cm³/mol. The molecule has 0 aliphatic heterocycles. The molecule has 1 aromatic heterocycles. The molecule has 0 spiro atoms. The number of rotatable bonds is 2. The van der Waals surface area contributed by atoms with Gasteiger partial charge in [0.2, 0.25) is 5.52 Å². The number of benzene rings is 2. The Hall–Kier alpha value is -2.35. The summed E-state index contributed by atoms with van der Waals surface area (Å²) in [6.45, 7) is 0. The van der Waals surface area contributed by atoms with E-state index in [0.29, 0.717) is 0 Å². The van der Waals surface area contributed by atoms with Crippen LogP contribution in [0.25, 0.3) is 10.9 Å². The molecule has 0 atom stereocenters. The zero-order valence-electron chi connectivity index (χ0n) is 10.2. The van der Waals surface area contributed by atoms with Crippen LogP contribution in [0, 0.1) is 0 Å². The first-order valence-corrected chi connectivity index (χ1v) is 5.95. The van der Waals surface area contributed by atoms with Crippen LogP contribution in [0.3, 0.4) is 0 Å². The van der Waals surface area contributed by atoms with Gasteiger partial charge in [0.05, 0.1) is 6.07 Å². The van der Waals surface area contributed by atoms with Gasteiger partial charge in [-0.25, -0.2) is 0 Å². The van der Waals surface area contributed by atoms with Crippen molar-refractivity contribution in [3.05, 3.63) is 66.7 Å². The molecule has 0 aliphatic carbocycles. The largest absolute Gasteiger partial charge is 0.405 e. The average Bonchev–Trinajstić information content (AvgIpc) is 2.43. The first-order chi connectivity index (χ1) is 8.84. The van der Waals surface area contributed by atoms with Crippen molar-refractivity contribution in [1.29, 1.82) is 0 Å². The predicted octanol–water partition coefficient (Wildman–Crippen LogP) is 3.46. The molecule has 0 N–H and O–H groups in total. The van der Waals surface area contributed by atoms with Gasteiger partial charge in [0.15, 0.2) is 0 Å². The zero-order chi connectivity index (χ0) is 12.4. The molecule has 3 aromatic rings. The smallest absolute Gasteiger partial charge is 0.373 e. The Morgan fingerprint density at radius 3 is 2.33 bits per heavy atom. The minimum atomic E-state index is 0.833. The third-order valence-electron chi connectivity index (χ3n) is 3.00. The Balaban J connectivity index is 2.05. The first kappa shape index (κ1) is 10.8. The van der Waals surface area contributed by atoms with Crippen LogP contribution in [-0.2, 0) is 7.05 Å². The van der Waals surface area contributed by atoms with Crippen molar-refractivity contribution in [3.63, 3.8) is 0 Å². The van der Waals surface area contributed by atoms with Gasteiger partial charge in [0.1, 0.15) is 12.8 Å². The fourth-order valence-electron chi connectivity index (χ4n) is 2.04. The maximum absolute atomic E-state index is 5.88. The fourth-order valence-corrected chi connectivity index (χ4v) is 2.04. The summed E-state index contributed by atoms with van der Waals surface area (Å²) in [5, 5.41) is 1.21. The van der Waals surface area contributed by atoms with Gasteiger partial charge in [-0.3, -0.25) is 0 Å². The van der Waals surface area contributed by atoms with E-state index in [1.165, 1.54) is 5.39 Å². The summed E-state index contributed by atoms with van der Waals surface area (Å²) in [5.41, 5.74) is 1.16. The lowest BCUT2D eigenvalue weighted by Crippen LogP contribution is -2.30. The van der Waals surface area contributed by atoms with E-state index in [1.807, 2.05) is 55.6 Å². The highest BCUT2D eigenvalue weighted by atomic mass is 16.5. The third kappa shape index (κ3) is 1.93. The van der Waals surface area contributed by atoms with E-state index in [1.54, 1.807) is 0 Å². The molecule has 0 amide bonds. The van der Waals surface area contributed by atoms with E-state index in [4.69, 9.17) is 4.74 Å². The van der Waals surface area contributed by atoms with Crippen LogP contribution in [-0.4, -0.2) is 0 Å². The molecule has 1 heterocycles. The Labute approximate surface area is 106 Å². The summed E-state index contributed by atoms with van der Waals surface area (Å²) in [5.74, 6) is 1.68. The number of aromatic nitrogens is 1. The summed E-state index contributed by atoms with van der Waals surface area (Å²) in [7, 11) is 2.01. The van der Waals surface area contributed by atoms with Gasteiger partial charge in [-0.15, -0.1) is 0 Å². The summed E-state index contributed by atoms with van der Waals surface area (Å²) >= 11 is 0. The molecule has 0 saturated heterocycles. The zero-order valence-corrected chi connectivity index (χ0v) is 10.2. The molecule has 88 valence electrons. The molecular formula is C16H14NO+. The van der Waals surface area contributed by atoms with Gasteiger partial charge in [-0.05, 0) is 24.3 Å². The minimum absolute atomic E-state index is 0.833. The average molecular weight is 236 g/mol. The van der Waals surface area contributed by atoms with Crippen molar-refractivity contribution in [2.45, 2.75) is 0 Å². The molecule has 3 rings (SSSR count). The van der Waals surface area contributed by atoms with Crippen molar-refractivity contribution < 1.29 is 9.30 Å². The van der Waals surface area contributed by atoms with Crippen LogP contribution in [0.2, 0.25) is 0 Å². The van der Waals surface area contributed by atoms with Crippen LogP contribution in [0.15, 0.2) is 66.7 Å². The number of hydrogen-bond acceptors (Lipinski definition) is 1. The maximum atomic E-state index is 5.88. The van der Waals surface area contributed by atoms with Crippen molar-refractivity contribution in [1.82, 2.24) is 0 Å². The molecule has 0 saturated carbocycles. The van der Waals surface area contributed by atoms with Gasteiger partial charge in [-0.2, -0.15) is 4.57 Å². The highest BCUT2D eigenvalue weighted by Crippen LogP contribution is 2.19. The lowest BCUT2D eigenvalue weighted by Gasteiger charge is -2.04. The van der Waals surface area contributed by atoms with Gasteiger partial charge in [0, 0.05) is 11.5 Å². The molecule has 0 fully saturated rings. The Morgan fingerprint density at radius 1 is 0.778 bits per heavy atom. The van der Waals surface area contributed by atoms with Crippen LogP contribution in [0.4, 0.5) is 0 Å². The number of fused-ring (bicyclic) bond motifs is 1. The van der Waals surface area contributed by atoms with Crippen LogP contribution >= 0.6 is 0 Å². The van der Waals surface area contributed by atoms with Gasteiger partial charge < -0.3 is 4.74 Å². The number of pyridine rings is 1. The van der Waals surface area contributed by atoms with Crippen molar-refractivity contribution in [2.24, 2.45) is 7.05 Å². The van der Waals surface area contributed by atoms with Gasteiger partial charge >= 0.3 is 5.88 Å². The highest BCUT2D eigenvalue weighted by Gasteiger charge is 2.12. The maximum Gasteiger partial charge on any atom is 0.373 e. The fraction of sp³-hybridized carbons (Fsp3) is 0.0625. The summed E-state index contributed by atoms with van der Waals surface area (Å²) in [4.78, 5) is 0. The SMILES string of the molecule is C[n+]1c(Oc2ccccc2)ccc2ccccc21. The monoisotopic (exact) mass is 236 g/mol. The number of nitrogens with zero attached hydrogens (tertiary/aromatic N) is 1. The lowest BCUT2D eigenvalue weighted by molar-refractivity contribution is -0.649. The second-order valence-corrected chi connectivity index (χ2v) is 4.20. The molecule has 0 radical (unpaired) electrons. The van der Waals surface area contributed by atoms with E-state index < -0.39 is 0 Å². The highest BCUT2D eigenvalue weighted by molar-refractivity contribution is 5.75. The van der Waals surface area contributed by atoms with Gasteiger partial charge in [0.25, 0.3) is 0 Å². The Bertz CT molecular complexity index is 677. The quantitative estimate of drug-likeness (QED) is 0.621. The minimum Gasteiger partial charge on any atom is -0.405 e. The molecule has 18 heavy (non-hydrogen) atoms. The van der Waals surface area contributed by atoms with Crippen LogP contribution in [0.1, 0.15) is 0 Å². The summed E-state index contributed by atoms with van der Waals surface area (Å²) in [6.07, 6.45) is 0. The van der Waals surface area contributed by atoms with Crippen LogP contribution in [0.5, 0.6) is 11.6 Å². The normalized spacial score (nSPS) is 10.5. The van der Waals surface area contributed by atoms with Crippen LogP contribution < -0.4 is 9.30 Å². The van der Waals surface area contributed by atoms with E-state index in [-0.39, 0.29) is 0 Å². The topological polar surface area (TPSA) is 13.1 Å². The molecule has 2 heteroatoms. The number of aryl methyl sites for hydroxylation is 1. The van der Waals surface area contributed by atoms with Gasteiger partial charge in [-0.1, -0.05) is 30.3 Å². The first-order valence-electron chi connectivity index (χ1n) is 5.95. The molecule has 0 bridgehead atoms. The standard InChI is InChI=1S/C16H14NO/c1-17-15-10-6-5-7-13(15)11-12-16(17)18-14-8-3-2-4-9-14/h2-12H,1H3/q+1.